The van der Waals surface area contributed by atoms with Crippen LogP contribution >= 0.6 is 0 Å². The lowest BCUT2D eigenvalue weighted by atomic mass is 9.96. The van der Waals surface area contributed by atoms with Crippen molar-refractivity contribution in [3.05, 3.63) is 11.9 Å². The number of rotatable bonds is 4. The van der Waals surface area contributed by atoms with Gasteiger partial charge in [-0.05, 0) is 12.8 Å². The minimum Gasteiger partial charge on any atom is -0.373 e. The molecule has 2 N–H and O–H groups in total. The molecule has 1 aliphatic rings. The third kappa shape index (κ3) is 3.62. The zero-order chi connectivity index (χ0) is 15.4. The van der Waals surface area contributed by atoms with E-state index in [-0.39, 0.29) is 11.8 Å². The molecule has 1 aromatic rings. The summed E-state index contributed by atoms with van der Waals surface area (Å²) in [6.45, 7) is 5.90. The Kier molecular flexibility index (Phi) is 4.98. The van der Waals surface area contributed by atoms with Gasteiger partial charge < -0.3 is 15.5 Å². The molecule has 0 atom stereocenters. The molecule has 6 heteroatoms. The average Bonchev–Trinajstić information content (AvgIpc) is 2.53. The highest BCUT2D eigenvalue weighted by molar-refractivity contribution is 5.78. The van der Waals surface area contributed by atoms with Crippen molar-refractivity contribution in [3.8, 4) is 0 Å². The summed E-state index contributed by atoms with van der Waals surface area (Å²) in [5.74, 6) is 3.22. The number of hydrogen-bond acceptors (Lipinski definition) is 5. The molecule has 0 aromatic carbocycles. The predicted molar refractivity (Wildman–Crippen MR) is 84.7 cm³/mol. The molecule has 0 spiro atoms. The summed E-state index contributed by atoms with van der Waals surface area (Å²) in [4.78, 5) is 23.1. The minimum absolute atomic E-state index is 0.126. The summed E-state index contributed by atoms with van der Waals surface area (Å²) in [6, 6.07) is 1.98. The fourth-order valence-electron chi connectivity index (χ4n) is 2.58. The predicted octanol–water partition coefficient (Wildman–Crippen LogP) is 1.60. The maximum Gasteiger partial charge on any atom is 0.222 e. The number of amides is 1. The zero-order valence-corrected chi connectivity index (χ0v) is 13.3. The number of carbonyl (C=O) groups excluding carboxylic acids is 1. The Labute approximate surface area is 126 Å². The molecule has 0 radical (unpaired) electrons. The van der Waals surface area contributed by atoms with Gasteiger partial charge in [-0.15, -0.1) is 0 Å². The standard InChI is InChI=1S/C15H25N5O/c1-10(2)14-18-12(16-3)9-13(19-14)20-7-5-11(6-8-20)15(21)17-4/h9-11H,5-8H2,1-4H3,(H,17,21)(H,16,18,19). The van der Waals surface area contributed by atoms with Gasteiger partial charge in [-0.2, -0.15) is 0 Å². The van der Waals surface area contributed by atoms with Crippen molar-refractivity contribution in [3.63, 3.8) is 0 Å². The monoisotopic (exact) mass is 291 g/mol. The molecule has 21 heavy (non-hydrogen) atoms. The van der Waals surface area contributed by atoms with E-state index in [1.807, 2.05) is 13.1 Å². The van der Waals surface area contributed by atoms with Gasteiger partial charge in [-0.1, -0.05) is 13.8 Å². The molecule has 0 aliphatic carbocycles. The lowest BCUT2D eigenvalue weighted by Gasteiger charge is -2.32. The fourth-order valence-corrected chi connectivity index (χ4v) is 2.58. The van der Waals surface area contributed by atoms with Crippen LogP contribution in [0.5, 0.6) is 0 Å². The lowest BCUT2D eigenvalue weighted by Crippen LogP contribution is -2.40. The molecule has 2 heterocycles. The SMILES string of the molecule is CNC(=O)C1CCN(c2cc(NC)nc(C(C)C)n2)CC1. The second kappa shape index (κ2) is 6.74. The van der Waals surface area contributed by atoms with E-state index in [0.29, 0.717) is 5.92 Å². The number of aromatic nitrogens is 2. The van der Waals surface area contributed by atoms with E-state index in [9.17, 15) is 4.79 Å². The number of anilines is 2. The van der Waals surface area contributed by atoms with Crippen LogP contribution in [0, 0.1) is 5.92 Å². The van der Waals surface area contributed by atoms with E-state index in [1.54, 1.807) is 7.05 Å². The normalized spacial score (nSPS) is 16.1. The molecule has 6 nitrogen and oxygen atoms in total. The van der Waals surface area contributed by atoms with Gasteiger partial charge in [0.25, 0.3) is 0 Å². The fraction of sp³-hybridized carbons (Fsp3) is 0.667. The summed E-state index contributed by atoms with van der Waals surface area (Å²) in [6.07, 6.45) is 1.74. The maximum absolute atomic E-state index is 11.7. The summed E-state index contributed by atoms with van der Waals surface area (Å²) in [7, 11) is 3.57. The molecule has 1 fully saturated rings. The molecule has 0 saturated carbocycles. The molecule has 0 unspecified atom stereocenters. The van der Waals surface area contributed by atoms with E-state index >= 15 is 0 Å². The highest BCUT2D eigenvalue weighted by atomic mass is 16.1. The van der Waals surface area contributed by atoms with E-state index in [1.165, 1.54) is 0 Å². The van der Waals surface area contributed by atoms with Gasteiger partial charge in [-0.25, -0.2) is 9.97 Å². The minimum atomic E-state index is 0.126. The molecular weight excluding hydrogens is 266 g/mol. The van der Waals surface area contributed by atoms with Gasteiger partial charge in [0.15, 0.2) is 0 Å². The topological polar surface area (TPSA) is 70.2 Å². The number of nitrogens with one attached hydrogen (secondary N) is 2. The third-order valence-corrected chi connectivity index (χ3v) is 3.94. The Bertz CT molecular complexity index is 495. The van der Waals surface area contributed by atoms with Crippen LogP contribution in [0.3, 0.4) is 0 Å². The van der Waals surface area contributed by atoms with Gasteiger partial charge in [-0.3, -0.25) is 4.79 Å². The number of hydrogen-bond donors (Lipinski definition) is 2. The van der Waals surface area contributed by atoms with Crippen LogP contribution in [0.25, 0.3) is 0 Å². The second-order valence-electron chi connectivity index (χ2n) is 5.75. The van der Waals surface area contributed by atoms with Crippen molar-refractivity contribution < 1.29 is 4.79 Å². The summed E-state index contributed by atoms with van der Waals surface area (Å²) in [5.41, 5.74) is 0. The molecule has 1 amide bonds. The van der Waals surface area contributed by atoms with Crippen molar-refractivity contribution in [2.75, 3.05) is 37.4 Å². The van der Waals surface area contributed by atoms with Crippen LogP contribution < -0.4 is 15.5 Å². The number of carbonyl (C=O) groups is 1. The summed E-state index contributed by atoms with van der Waals surface area (Å²) >= 11 is 0. The Morgan fingerprint density at radius 2 is 1.95 bits per heavy atom. The van der Waals surface area contributed by atoms with Gasteiger partial charge in [0.2, 0.25) is 5.91 Å². The Morgan fingerprint density at radius 1 is 1.29 bits per heavy atom. The van der Waals surface area contributed by atoms with Crippen molar-refractivity contribution >= 4 is 17.5 Å². The Morgan fingerprint density at radius 3 is 2.48 bits per heavy atom. The Hall–Kier alpha value is -1.85. The summed E-state index contributed by atoms with van der Waals surface area (Å²) in [5, 5.41) is 5.83. The number of nitrogens with zero attached hydrogens (tertiary/aromatic N) is 3. The van der Waals surface area contributed by atoms with E-state index < -0.39 is 0 Å². The molecular formula is C15H25N5O. The number of piperidine rings is 1. The zero-order valence-electron chi connectivity index (χ0n) is 13.3. The average molecular weight is 291 g/mol. The first-order valence-electron chi connectivity index (χ1n) is 7.58. The van der Waals surface area contributed by atoms with Gasteiger partial charge in [0.1, 0.15) is 17.5 Å². The van der Waals surface area contributed by atoms with Crippen LogP contribution in [0.1, 0.15) is 38.4 Å². The van der Waals surface area contributed by atoms with Gasteiger partial charge in [0.05, 0.1) is 0 Å². The second-order valence-corrected chi connectivity index (χ2v) is 5.75. The molecule has 1 saturated heterocycles. The van der Waals surface area contributed by atoms with Crippen molar-refractivity contribution in [1.82, 2.24) is 15.3 Å². The van der Waals surface area contributed by atoms with E-state index in [4.69, 9.17) is 0 Å². The van der Waals surface area contributed by atoms with Crippen LogP contribution in [0.4, 0.5) is 11.6 Å². The first-order chi connectivity index (χ1) is 10.0. The van der Waals surface area contributed by atoms with Crippen LogP contribution in [0.15, 0.2) is 6.07 Å². The highest BCUT2D eigenvalue weighted by Crippen LogP contribution is 2.25. The molecule has 116 valence electrons. The Balaban J connectivity index is 2.12. The van der Waals surface area contributed by atoms with Crippen LogP contribution in [-0.2, 0) is 4.79 Å². The first kappa shape index (κ1) is 15.5. The van der Waals surface area contributed by atoms with Crippen molar-refractivity contribution in [2.45, 2.75) is 32.6 Å². The molecule has 1 aliphatic heterocycles. The highest BCUT2D eigenvalue weighted by Gasteiger charge is 2.25. The van der Waals surface area contributed by atoms with Gasteiger partial charge >= 0.3 is 0 Å². The van der Waals surface area contributed by atoms with E-state index in [0.717, 1.165) is 43.4 Å². The van der Waals surface area contributed by atoms with Crippen LogP contribution in [0.2, 0.25) is 0 Å². The van der Waals surface area contributed by atoms with Gasteiger partial charge in [0, 0.05) is 45.1 Å². The van der Waals surface area contributed by atoms with Crippen LogP contribution in [-0.4, -0.2) is 43.1 Å². The first-order valence-corrected chi connectivity index (χ1v) is 7.58. The molecule has 2 rings (SSSR count). The largest absolute Gasteiger partial charge is 0.373 e. The van der Waals surface area contributed by atoms with Crippen molar-refractivity contribution in [1.29, 1.82) is 0 Å². The molecule has 1 aromatic heterocycles. The van der Waals surface area contributed by atoms with Crippen molar-refractivity contribution in [2.24, 2.45) is 5.92 Å². The summed E-state index contributed by atoms with van der Waals surface area (Å²) < 4.78 is 0. The quantitative estimate of drug-likeness (QED) is 0.882. The third-order valence-electron chi connectivity index (χ3n) is 3.94. The molecule has 0 bridgehead atoms. The van der Waals surface area contributed by atoms with E-state index in [2.05, 4.69) is 39.3 Å². The smallest absolute Gasteiger partial charge is 0.222 e. The maximum atomic E-state index is 11.7. The lowest BCUT2D eigenvalue weighted by molar-refractivity contribution is -0.125.